The predicted molar refractivity (Wildman–Crippen MR) is 59.1 cm³/mol. The number of aromatic nitrogens is 2. The van der Waals surface area contributed by atoms with Crippen LogP contribution in [0.25, 0.3) is 0 Å². The molecule has 3 heteroatoms. The van der Waals surface area contributed by atoms with Gasteiger partial charge >= 0.3 is 0 Å². The summed E-state index contributed by atoms with van der Waals surface area (Å²) >= 11 is 0. The summed E-state index contributed by atoms with van der Waals surface area (Å²) in [5.41, 5.74) is 2.79. The second kappa shape index (κ2) is 4.84. The first-order valence-electron chi connectivity index (χ1n) is 4.97. The van der Waals surface area contributed by atoms with E-state index in [0.717, 1.165) is 23.5 Å². The fourth-order valence-electron chi connectivity index (χ4n) is 1.08. The minimum absolute atomic E-state index is 0.508. The van der Waals surface area contributed by atoms with Crippen molar-refractivity contribution in [2.24, 2.45) is 10.9 Å². The van der Waals surface area contributed by atoms with Crippen LogP contribution in [-0.4, -0.2) is 16.2 Å². The summed E-state index contributed by atoms with van der Waals surface area (Å²) in [6.45, 7) is 8.21. The summed E-state index contributed by atoms with van der Waals surface area (Å²) in [5, 5.41) is 0. The van der Waals surface area contributed by atoms with Crippen LogP contribution in [0.4, 0.5) is 5.69 Å². The quantitative estimate of drug-likeness (QED) is 0.689. The molecule has 1 rings (SSSR count). The van der Waals surface area contributed by atoms with E-state index in [1.807, 2.05) is 20.1 Å². The van der Waals surface area contributed by atoms with Gasteiger partial charge in [-0.15, -0.1) is 0 Å². The van der Waals surface area contributed by atoms with Gasteiger partial charge < -0.3 is 0 Å². The van der Waals surface area contributed by atoms with Crippen molar-refractivity contribution in [1.29, 1.82) is 0 Å². The zero-order chi connectivity index (χ0) is 10.6. The van der Waals surface area contributed by atoms with Crippen molar-refractivity contribution in [2.45, 2.75) is 34.1 Å². The first-order valence-corrected chi connectivity index (χ1v) is 4.97. The van der Waals surface area contributed by atoms with E-state index in [0.29, 0.717) is 5.92 Å². The van der Waals surface area contributed by atoms with E-state index in [-0.39, 0.29) is 0 Å². The molecule has 0 aliphatic heterocycles. The Morgan fingerprint density at radius 2 is 1.93 bits per heavy atom. The summed E-state index contributed by atoms with van der Waals surface area (Å²) in [7, 11) is 0. The van der Waals surface area contributed by atoms with E-state index >= 15 is 0 Å². The Morgan fingerprint density at radius 1 is 1.36 bits per heavy atom. The molecule has 0 fully saturated rings. The van der Waals surface area contributed by atoms with Crippen molar-refractivity contribution >= 4 is 11.9 Å². The van der Waals surface area contributed by atoms with Crippen LogP contribution in [-0.2, 0) is 0 Å². The number of aliphatic imine (C=N–C) groups is 1. The molecule has 0 saturated carbocycles. The fourth-order valence-corrected chi connectivity index (χ4v) is 1.08. The van der Waals surface area contributed by atoms with Crippen LogP contribution in [0.5, 0.6) is 0 Å². The fraction of sp³-hybridized carbons (Fsp3) is 0.545. The smallest absolute Gasteiger partial charge is 0.116 e. The molecule has 14 heavy (non-hydrogen) atoms. The Hall–Kier alpha value is -1.25. The van der Waals surface area contributed by atoms with E-state index < -0.39 is 0 Å². The SMILES string of the molecule is CCC(C)C=Nc1c(C)ncnc1C. The maximum atomic E-state index is 4.43. The summed E-state index contributed by atoms with van der Waals surface area (Å²) < 4.78 is 0. The second-order valence-corrected chi connectivity index (χ2v) is 3.56. The Balaban J connectivity index is 2.91. The summed E-state index contributed by atoms with van der Waals surface area (Å²) in [6.07, 6.45) is 4.65. The van der Waals surface area contributed by atoms with Crippen molar-refractivity contribution in [2.75, 3.05) is 0 Å². The van der Waals surface area contributed by atoms with Crippen LogP contribution in [0, 0.1) is 19.8 Å². The third-order valence-electron chi connectivity index (χ3n) is 2.29. The second-order valence-electron chi connectivity index (χ2n) is 3.56. The summed E-state index contributed by atoms with van der Waals surface area (Å²) in [4.78, 5) is 12.7. The maximum absolute atomic E-state index is 4.43. The van der Waals surface area contributed by atoms with E-state index in [2.05, 4.69) is 28.8 Å². The molecule has 0 N–H and O–H groups in total. The molecular formula is C11H17N3. The third kappa shape index (κ3) is 2.62. The van der Waals surface area contributed by atoms with E-state index in [4.69, 9.17) is 0 Å². The molecule has 0 saturated heterocycles. The number of rotatable bonds is 3. The molecular weight excluding hydrogens is 174 g/mol. The monoisotopic (exact) mass is 191 g/mol. The van der Waals surface area contributed by atoms with Crippen molar-refractivity contribution in [3.8, 4) is 0 Å². The minimum Gasteiger partial charge on any atom is -0.257 e. The highest BCUT2D eigenvalue weighted by Gasteiger charge is 2.02. The highest BCUT2D eigenvalue weighted by atomic mass is 14.9. The predicted octanol–water partition coefficient (Wildman–Crippen LogP) is 2.84. The molecule has 1 unspecified atom stereocenters. The van der Waals surface area contributed by atoms with E-state index in [1.165, 1.54) is 0 Å². The molecule has 1 atom stereocenters. The van der Waals surface area contributed by atoms with Gasteiger partial charge in [0.2, 0.25) is 0 Å². The average molecular weight is 191 g/mol. The van der Waals surface area contributed by atoms with Crippen molar-refractivity contribution < 1.29 is 0 Å². The highest BCUT2D eigenvalue weighted by molar-refractivity contribution is 5.66. The zero-order valence-electron chi connectivity index (χ0n) is 9.28. The molecule has 0 aliphatic rings. The molecule has 76 valence electrons. The van der Waals surface area contributed by atoms with Crippen LogP contribution < -0.4 is 0 Å². The van der Waals surface area contributed by atoms with Gasteiger partial charge in [0.15, 0.2) is 0 Å². The molecule has 3 nitrogen and oxygen atoms in total. The Kier molecular flexibility index (Phi) is 3.74. The van der Waals surface area contributed by atoms with Gasteiger partial charge in [0, 0.05) is 6.21 Å². The Morgan fingerprint density at radius 3 is 2.43 bits per heavy atom. The topological polar surface area (TPSA) is 38.1 Å². The number of aryl methyl sites for hydroxylation is 2. The van der Waals surface area contributed by atoms with Crippen molar-refractivity contribution in [3.05, 3.63) is 17.7 Å². The molecule has 0 aromatic carbocycles. The standard InChI is InChI=1S/C11H17N3/c1-5-8(2)6-12-11-9(3)13-7-14-10(11)4/h6-8H,5H2,1-4H3. The first kappa shape index (κ1) is 10.8. The summed E-state index contributed by atoms with van der Waals surface area (Å²) in [5.74, 6) is 0.508. The van der Waals surface area contributed by atoms with Crippen LogP contribution in [0.15, 0.2) is 11.3 Å². The van der Waals surface area contributed by atoms with Crippen LogP contribution in [0.2, 0.25) is 0 Å². The first-order chi connectivity index (χ1) is 6.65. The molecule has 1 aromatic rings. The van der Waals surface area contributed by atoms with Gasteiger partial charge in [-0.1, -0.05) is 13.8 Å². The van der Waals surface area contributed by atoms with Crippen LogP contribution in [0.1, 0.15) is 31.7 Å². The molecule has 0 radical (unpaired) electrons. The van der Waals surface area contributed by atoms with Crippen LogP contribution >= 0.6 is 0 Å². The Bertz CT molecular complexity index is 311. The lowest BCUT2D eigenvalue weighted by molar-refractivity contribution is 0.754. The van der Waals surface area contributed by atoms with Gasteiger partial charge in [0.1, 0.15) is 12.0 Å². The normalized spacial score (nSPS) is 13.4. The lowest BCUT2D eigenvalue weighted by Crippen LogP contribution is -1.94. The Labute approximate surface area is 85.3 Å². The highest BCUT2D eigenvalue weighted by Crippen LogP contribution is 2.18. The van der Waals surface area contributed by atoms with Gasteiger partial charge in [0.05, 0.1) is 11.4 Å². The number of hydrogen-bond acceptors (Lipinski definition) is 3. The molecule has 1 heterocycles. The molecule has 0 amide bonds. The van der Waals surface area contributed by atoms with Gasteiger partial charge in [-0.05, 0) is 26.2 Å². The average Bonchev–Trinajstić information content (AvgIpc) is 2.16. The lowest BCUT2D eigenvalue weighted by atomic mass is 10.1. The van der Waals surface area contributed by atoms with Crippen molar-refractivity contribution in [1.82, 2.24) is 9.97 Å². The van der Waals surface area contributed by atoms with E-state index in [1.54, 1.807) is 6.33 Å². The van der Waals surface area contributed by atoms with Gasteiger partial charge in [-0.25, -0.2) is 9.97 Å². The van der Waals surface area contributed by atoms with E-state index in [9.17, 15) is 0 Å². The third-order valence-corrected chi connectivity index (χ3v) is 2.29. The number of hydrogen-bond donors (Lipinski definition) is 0. The largest absolute Gasteiger partial charge is 0.257 e. The molecule has 1 aromatic heterocycles. The lowest BCUT2D eigenvalue weighted by Gasteiger charge is -2.03. The van der Waals surface area contributed by atoms with Gasteiger partial charge in [-0.3, -0.25) is 4.99 Å². The number of nitrogens with zero attached hydrogens (tertiary/aromatic N) is 3. The molecule has 0 bridgehead atoms. The van der Waals surface area contributed by atoms with Gasteiger partial charge in [0.25, 0.3) is 0 Å². The van der Waals surface area contributed by atoms with Gasteiger partial charge in [-0.2, -0.15) is 0 Å². The molecule has 0 spiro atoms. The van der Waals surface area contributed by atoms with Crippen molar-refractivity contribution in [3.63, 3.8) is 0 Å². The maximum Gasteiger partial charge on any atom is 0.116 e. The van der Waals surface area contributed by atoms with Crippen LogP contribution in [0.3, 0.4) is 0 Å². The minimum atomic E-state index is 0.508. The zero-order valence-corrected chi connectivity index (χ0v) is 9.28. The molecule has 0 aliphatic carbocycles. The summed E-state index contributed by atoms with van der Waals surface area (Å²) in [6, 6.07) is 0.